The summed E-state index contributed by atoms with van der Waals surface area (Å²) < 4.78 is 31.2. The normalized spacial score (nSPS) is 11.2. The number of carbonyl (C=O) groups is 1. The van der Waals surface area contributed by atoms with Crippen LogP contribution in [0.1, 0.15) is 16.1 Å². The van der Waals surface area contributed by atoms with Crippen LogP contribution in [-0.4, -0.2) is 36.5 Å². The number of aryl methyl sites for hydroxylation is 1. The standard InChI is InChI=1S/C22H20N6O4S/c1-14-3-5-15(6-4-14)18-13-24-21(23)20(26-18)22(29)25-16-7-9-17(10-8-16)33(30,31)28(2)19-11-12-32-27-19/h3-13H,1-2H3,(H2,23,24)(H,25,29). The van der Waals surface area contributed by atoms with Gasteiger partial charge in [0.1, 0.15) is 6.26 Å². The van der Waals surface area contributed by atoms with Crippen LogP contribution >= 0.6 is 0 Å². The van der Waals surface area contributed by atoms with Crippen molar-refractivity contribution in [3.63, 3.8) is 0 Å². The minimum Gasteiger partial charge on any atom is -0.382 e. The predicted molar refractivity (Wildman–Crippen MR) is 123 cm³/mol. The fraction of sp³-hybridized carbons (Fsp3) is 0.0909. The van der Waals surface area contributed by atoms with Gasteiger partial charge in [-0.1, -0.05) is 35.0 Å². The molecule has 4 rings (SSSR count). The van der Waals surface area contributed by atoms with E-state index in [1.165, 1.54) is 49.8 Å². The summed E-state index contributed by atoms with van der Waals surface area (Å²) in [4.78, 5) is 21.2. The molecule has 4 aromatic rings. The van der Waals surface area contributed by atoms with E-state index >= 15 is 0 Å². The Morgan fingerprint density at radius 2 is 1.76 bits per heavy atom. The molecular weight excluding hydrogens is 444 g/mol. The molecule has 2 aromatic heterocycles. The number of rotatable bonds is 6. The van der Waals surface area contributed by atoms with Crippen molar-refractivity contribution < 1.29 is 17.7 Å². The third-order valence-electron chi connectivity index (χ3n) is 4.88. The number of sulfonamides is 1. The second kappa shape index (κ2) is 8.71. The Hall–Kier alpha value is -4.25. The summed E-state index contributed by atoms with van der Waals surface area (Å²) in [7, 11) is -2.48. The smallest absolute Gasteiger partial charge is 0.278 e. The highest BCUT2D eigenvalue weighted by Crippen LogP contribution is 2.23. The van der Waals surface area contributed by atoms with Gasteiger partial charge in [-0.2, -0.15) is 0 Å². The second-order valence-electron chi connectivity index (χ2n) is 7.16. The maximum atomic E-state index is 12.8. The zero-order valence-corrected chi connectivity index (χ0v) is 18.6. The van der Waals surface area contributed by atoms with Gasteiger partial charge in [0.15, 0.2) is 17.3 Å². The molecule has 0 fully saturated rings. The number of nitrogens with two attached hydrogens (primary N) is 1. The van der Waals surface area contributed by atoms with Crippen molar-refractivity contribution in [2.75, 3.05) is 22.4 Å². The molecule has 10 nitrogen and oxygen atoms in total. The van der Waals surface area contributed by atoms with E-state index in [1.807, 2.05) is 31.2 Å². The van der Waals surface area contributed by atoms with Crippen molar-refractivity contribution in [1.82, 2.24) is 15.1 Å². The SMILES string of the molecule is Cc1ccc(-c2cnc(N)c(C(=O)Nc3ccc(S(=O)(=O)N(C)c4ccon4)cc3)n2)cc1. The van der Waals surface area contributed by atoms with Crippen LogP contribution in [0.25, 0.3) is 11.3 Å². The molecule has 2 aromatic carbocycles. The molecule has 0 aliphatic heterocycles. The average Bonchev–Trinajstić information content (AvgIpc) is 3.34. The summed E-state index contributed by atoms with van der Waals surface area (Å²) in [6, 6.07) is 14.7. The van der Waals surface area contributed by atoms with Gasteiger partial charge in [-0.25, -0.2) is 18.4 Å². The van der Waals surface area contributed by atoms with Gasteiger partial charge < -0.3 is 15.6 Å². The Morgan fingerprint density at radius 3 is 2.39 bits per heavy atom. The van der Waals surface area contributed by atoms with E-state index < -0.39 is 15.9 Å². The van der Waals surface area contributed by atoms with Gasteiger partial charge in [0.05, 0.1) is 16.8 Å². The van der Waals surface area contributed by atoms with E-state index in [9.17, 15) is 13.2 Å². The molecular formula is C22H20N6O4S. The largest absolute Gasteiger partial charge is 0.382 e. The Balaban J connectivity index is 1.53. The van der Waals surface area contributed by atoms with Gasteiger partial charge in [0, 0.05) is 24.4 Å². The topological polar surface area (TPSA) is 144 Å². The minimum absolute atomic E-state index is 0.0169. The summed E-state index contributed by atoms with van der Waals surface area (Å²) in [5, 5.41) is 6.29. The lowest BCUT2D eigenvalue weighted by Gasteiger charge is -2.16. The zero-order chi connectivity index (χ0) is 23.6. The maximum absolute atomic E-state index is 12.8. The number of nitrogens with zero attached hydrogens (tertiary/aromatic N) is 4. The van der Waals surface area contributed by atoms with Crippen molar-refractivity contribution in [3.05, 3.63) is 78.3 Å². The highest BCUT2D eigenvalue weighted by molar-refractivity contribution is 7.92. The number of amides is 1. The fourth-order valence-corrected chi connectivity index (χ4v) is 4.12. The van der Waals surface area contributed by atoms with Gasteiger partial charge >= 0.3 is 0 Å². The number of anilines is 3. The van der Waals surface area contributed by atoms with Crippen molar-refractivity contribution in [2.24, 2.45) is 0 Å². The molecule has 0 saturated heterocycles. The predicted octanol–water partition coefficient (Wildman–Crippen LogP) is 3.10. The molecule has 0 aliphatic carbocycles. The van der Waals surface area contributed by atoms with Crippen LogP contribution in [0.3, 0.4) is 0 Å². The molecule has 0 aliphatic rings. The highest BCUT2D eigenvalue weighted by atomic mass is 32.2. The molecule has 0 spiro atoms. The summed E-state index contributed by atoms with van der Waals surface area (Å²) >= 11 is 0. The molecule has 0 radical (unpaired) electrons. The number of hydrogen-bond acceptors (Lipinski definition) is 8. The summed E-state index contributed by atoms with van der Waals surface area (Å²) in [6.45, 7) is 1.97. The third-order valence-corrected chi connectivity index (χ3v) is 6.66. The van der Waals surface area contributed by atoms with Gasteiger partial charge in [0.25, 0.3) is 15.9 Å². The van der Waals surface area contributed by atoms with E-state index in [1.54, 1.807) is 0 Å². The first-order valence-corrected chi connectivity index (χ1v) is 11.2. The van der Waals surface area contributed by atoms with E-state index in [-0.39, 0.29) is 22.2 Å². The van der Waals surface area contributed by atoms with Crippen molar-refractivity contribution >= 4 is 33.3 Å². The van der Waals surface area contributed by atoms with Gasteiger partial charge in [-0.05, 0) is 31.2 Å². The summed E-state index contributed by atoms with van der Waals surface area (Å²) in [5.74, 6) is -0.434. The Morgan fingerprint density at radius 1 is 1.06 bits per heavy atom. The lowest BCUT2D eigenvalue weighted by molar-refractivity contribution is 0.102. The average molecular weight is 465 g/mol. The Kier molecular flexibility index (Phi) is 5.80. The highest BCUT2D eigenvalue weighted by Gasteiger charge is 2.23. The zero-order valence-electron chi connectivity index (χ0n) is 17.8. The number of nitrogens with one attached hydrogen (secondary N) is 1. The summed E-state index contributed by atoms with van der Waals surface area (Å²) in [6.07, 6.45) is 2.78. The monoisotopic (exact) mass is 464 g/mol. The van der Waals surface area contributed by atoms with Crippen LogP contribution in [0.5, 0.6) is 0 Å². The second-order valence-corrected chi connectivity index (χ2v) is 9.13. The van der Waals surface area contributed by atoms with Crippen molar-refractivity contribution in [1.29, 1.82) is 0 Å². The Bertz CT molecular complexity index is 1390. The van der Waals surface area contributed by atoms with Crippen LogP contribution in [0, 0.1) is 6.92 Å². The molecule has 0 bridgehead atoms. The van der Waals surface area contributed by atoms with Crippen molar-refractivity contribution in [2.45, 2.75) is 11.8 Å². The van der Waals surface area contributed by atoms with Crippen molar-refractivity contribution in [3.8, 4) is 11.3 Å². The molecule has 0 atom stereocenters. The third kappa shape index (κ3) is 4.53. The first-order chi connectivity index (χ1) is 15.8. The minimum atomic E-state index is -3.85. The molecule has 33 heavy (non-hydrogen) atoms. The van der Waals surface area contributed by atoms with Crippen LogP contribution in [0.4, 0.5) is 17.3 Å². The molecule has 11 heteroatoms. The number of carbonyl (C=O) groups excluding carboxylic acids is 1. The number of nitrogen functional groups attached to an aromatic ring is 1. The van der Waals surface area contributed by atoms with Gasteiger partial charge in [-0.15, -0.1) is 0 Å². The first-order valence-electron chi connectivity index (χ1n) is 9.76. The molecule has 1 amide bonds. The number of benzene rings is 2. The molecule has 3 N–H and O–H groups in total. The van der Waals surface area contributed by atoms with E-state index in [2.05, 4.69) is 20.4 Å². The first kappa shape index (κ1) is 22.0. The van der Waals surface area contributed by atoms with E-state index in [0.29, 0.717) is 11.4 Å². The van der Waals surface area contributed by atoms with Gasteiger partial charge in [-0.3, -0.25) is 9.10 Å². The summed E-state index contributed by atoms with van der Waals surface area (Å²) in [5.41, 5.74) is 8.61. The lowest BCUT2D eigenvalue weighted by Crippen LogP contribution is -2.26. The van der Waals surface area contributed by atoms with Gasteiger partial charge in [0.2, 0.25) is 0 Å². The van der Waals surface area contributed by atoms with Crippen LogP contribution in [-0.2, 0) is 10.0 Å². The fourth-order valence-electron chi connectivity index (χ4n) is 2.98. The number of aromatic nitrogens is 3. The van der Waals surface area contributed by atoms with Crippen LogP contribution in [0.15, 0.2) is 76.5 Å². The van der Waals surface area contributed by atoms with E-state index in [4.69, 9.17) is 10.3 Å². The number of hydrogen-bond donors (Lipinski definition) is 2. The van der Waals surface area contributed by atoms with Crippen LogP contribution in [0.2, 0.25) is 0 Å². The van der Waals surface area contributed by atoms with E-state index in [0.717, 1.165) is 15.4 Å². The van der Waals surface area contributed by atoms with Crippen LogP contribution < -0.4 is 15.4 Å². The molecule has 0 unspecified atom stereocenters. The quantitative estimate of drug-likeness (QED) is 0.443. The lowest BCUT2D eigenvalue weighted by atomic mass is 10.1. The maximum Gasteiger partial charge on any atom is 0.278 e. The Labute approximate surface area is 190 Å². The molecule has 168 valence electrons. The molecule has 0 saturated carbocycles. The molecule has 2 heterocycles.